The number of carbonyl (C=O) groups excluding carboxylic acids is 1. The van der Waals surface area contributed by atoms with Crippen LogP contribution in [0, 0.1) is 0 Å². The Morgan fingerprint density at radius 2 is 0.632 bits per heavy atom. The lowest BCUT2D eigenvalue weighted by atomic mass is 9.99. The lowest BCUT2D eigenvalue weighted by Crippen LogP contribution is -2.30. The fraction of sp³-hybridized carbons (Fsp3) is 0.972. The molecule has 228 valence electrons. The van der Waals surface area contributed by atoms with Crippen LogP contribution in [0.5, 0.6) is 0 Å². The molecule has 0 aromatic carbocycles. The molecule has 0 spiro atoms. The van der Waals surface area contributed by atoms with Crippen LogP contribution in [-0.2, 0) is 4.79 Å². The summed E-state index contributed by atoms with van der Waals surface area (Å²) in [6.45, 7) is 4.58. The molecular weight excluding hydrogens is 462 g/mol. The van der Waals surface area contributed by atoms with E-state index in [-0.39, 0.29) is 6.04 Å². The molecule has 0 bridgehead atoms. The predicted octanol–water partition coefficient (Wildman–Crippen LogP) is 12.4. The van der Waals surface area contributed by atoms with Gasteiger partial charge >= 0.3 is 0 Å². The number of ketones is 1. The summed E-state index contributed by atoms with van der Waals surface area (Å²) in [5.41, 5.74) is 6.18. The summed E-state index contributed by atoms with van der Waals surface area (Å²) in [6, 6.07) is -0.205. The zero-order valence-corrected chi connectivity index (χ0v) is 26.7. The van der Waals surface area contributed by atoms with Crippen molar-refractivity contribution >= 4 is 5.78 Å². The van der Waals surface area contributed by atoms with Crippen LogP contribution in [-0.4, -0.2) is 11.8 Å². The number of rotatable bonds is 33. The minimum atomic E-state index is -0.205. The van der Waals surface area contributed by atoms with Crippen LogP contribution in [0.3, 0.4) is 0 Å². The van der Waals surface area contributed by atoms with E-state index in [9.17, 15) is 4.79 Å². The molecule has 0 amide bonds. The Hall–Kier alpha value is -0.370. The number of hydrogen-bond acceptors (Lipinski definition) is 2. The van der Waals surface area contributed by atoms with E-state index in [4.69, 9.17) is 5.73 Å². The average molecular weight is 536 g/mol. The van der Waals surface area contributed by atoms with Gasteiger partial charge in [0.15, 0.2) is 0 Å². The third-order valence-corrected chi connectivity index (χ3v) is 8.56. The summed E-state index contributed by atoms with van der Waals surface area (Å²) in [6.07, 6.45) is 42.8. The highest BCUT2D eigenvalue weighted by atomic mass is 16.1. The topological polar surface area (TPSA) is 43.1 Å². The van der Waals surface area contributed by atoms with Crippen LogP contribution in [0.2, 0.25) is 0 Å². The van der Waals surface area contributed by atoms with Crippen molar-refractivity contribution in [3.63, 3.8) is 0 Å². The molecule has 0 heterocycles. The molecule has 0 aromatic heterocycles. The van der Waals surface area contributed by atoms with Crippen LogP contribution in [0.1, 0.15) is 219 Å². The highest BCUT2D eigenvalue weighted by Gasteiger charge is 2.12. The van der Waals surface area contributed by atoms with E-state index in [1.54, 1.807) is 0 Å². The van der Waals surface area contributed by atoms with Crippen LogP contribution >= 0.6 is 0 Å². The summed E-state index contributed by atoms with van der Waals surface area (Å²) in [7, 11) is 0. The van der Waals surface area contributed by atoms with Crippen molar-refractivity contribution in [3.05, 3.63) is 0 Å². The van der Waals surface area contributed by atoms with Gasteiger partial charge in [0.1, 0.15) is 5.78 Å². The zero-order chi connectivity index (χ0) is 27.8. The first-order valence-electron chi connectivity index (χ1n) is 18.0. The summed E-state index contributed by atoms with van der Waals surface area (Å²) in [4.78, 5) is 12.3. The van der Waals surface area contributed by atoms with Gasteiger partial charge in [0.2, 0.25) is 0 Å². The number of unbranched alkanes of at least 4 members (excludes halogenated alkanes) is 28. The second kappa shape index (κ2) is 32.8. The molecule has 0 aliphatic rings. The monoisotopic (exact) mass is 536 g/mol. The van der Waals surface area contributed by atoms with Gasteiger partial charge in [-0.3, -0.25) is 4.79 Å². The van der Waals surface area contributed by atoms with Crippen molar-refractivity contribution in [2.24, 2.45) is 5.73 Å². The molecule has 2 heteroatoms. The van der Waals surface area contributed by atoms with E-state index >= 15 is 0 Å². The van der Waals surface area contributed by atoms with E-state index in [1.807, 2.05) is 0 Å². The molecule has 0 radical (unpaired) electrons. The molecule has 0 fully saturated rings. The van der Waals surface area contributed by atoms with Crippen LogP contribution in [0.25, 0.3) is 0 Å². The van der Waals surface area contributed by atoms with E-state index in [0.29, 0.717) is 12.2 Å². The first-order chi connectivity index (χ1) is 18.7. The van der Waals surface area contributed by atoms with Crippen molar-refractivity contribution in [2.75, 3.05) is 0 Å². The molecule has 0 saturated carbocycles. The Morgan fingerprint density at radius 1 is 0.395 bits per heavy atom. The second-order valence-corrected chi connectivity index (χ2v) is 12.5. The third kappa shape index (κ3) is 30.2. The molecule has 2 N–H and O–H groups in total. The highest BCUT2D eigenvalue weighted by Crippen LogP contribution is 2.16. The largest absolute Gasteiger partial charge is 0.322 e. The highest BCUT2D eigenvalue weighted by molar-refractivity contribution is 5.83. The average Bonchev–Trinajstić information content (AvgIpc) is 2.92. The van der Waals surface area contributed by atoms with Gasteiger partial charge < -0.3 is 5.73 Å². The van der Waals surface area contributed by atoms with Gasteiger partial charge in [-0.25, -0.2) is 0 Å². The molecule has 0 aromatic rings. The van der Waals surface area contributed by atoms with Gasteiger partial charge in [0.05, 0.1) is 6.04 Å². The standard InChI is InChI=1S/C36H73NO/c1-3-5-7-9-11-13-15-17-19-21-23-25-27-29-31-33-35(37)36(38)34-32-30-28-26-24-22-20-18-16-14-12-10-8-6-4-2/h35H,3-34,37H2,1-2H3. The summed E-state index contributed by atoms with van der Waals surface area (Å²) >= 11 is 0. The van der Waals surface area contributed by atoms with E-state index in [0.717, 1.165) is 19.3 Å². The first kappa shape index (κ1) is 37.6. The fourth-order valence-electron chi connectivity index (χ4n) is 5.75. The van der Waals surface area contributed by atoms with Crippen molar-refractivity contribution in [2.45, 2.75) is 225 Å². The van der Waals surface area contributed by atoms with Crippen LogP contribution in [0.4, 0.5) is 0 Å². The van der Waals surface area contributed by atoms with Gasteiger partial charge in [-0.15, -0.1) is 0 Å². The lowest BCUT2D eigenvalue weighted by Gasteiger charge is -2.10. The molecular formula is C36H73NO. The number of carbonyl (C=O) groups is 1. The Balaban J connectivity index is 3.27. The van der Waals surface area contributed by atoms with Gasteiger partial charge in [-0.05, 0) is 12.8 Å². The maximum absolute atomic E-state index is 12.3. The molecule has 2 nitrogen and oxygen atoms in total. The van der Waals surface area contributed by atoms with Crippen molar-refractivity contribution in [1.82, 2.24) is 0 Å². The van der Waals surface area contributed by atoms with Crippen LogP contribution in [0.15, 0.2) is 0 Å². The van der Waals surface area contributed by atoms with E-state index < -0.39 is 0 Å². The SMILES string of the molecule is CCCCCCCCCCCCCCCCCC(=O)C(N)CCCCCCCCCCCCCCCCC. The van der Waals surface area contributed by atoms with Crippen LogP contribution < -0.4 is 5.73 Å². The van der Waals surface area contributed by atoms with Crippen molar-refractivity contribution in [1.29, 1.82) is 0 Å². The Morgan fingerprint density at radius 3 is 0.921 bits per heavy atom. The maximum Gasteiger partial charge on any atom is 0.149 e. The zero-order valence-electron chi connectivity index (χ0n) is 26.7. The third-order valence-electron chi connectivity index (χ3n) is 8.56. The van der Waals surface area contributed by atoms with Gasteiger partial charge in [-0.1, -0.05) is 200 Å². The number of Topliss-reactive ketones (excluding diaryl/α,β-unsaturated/α-hetero) is 1. The molecule has 0 saturated heterocycles. The molecule has 0 rings (SSSR count). The molecule has 0 aliphatic carbocycles. The first-order valence-corrected chi connectivity index (χ1v) is 18.0. The normalized spacial score (nSPS) is 12.3. The quantitative estimate of drug-likeness (QED) is 0.0849. The minimum Gasteiger partial charge on any atom is -0.322 e. The second-order valence-electron chi connectivity index (χ2n) is 12.5. The molecule has 1 unspecified atom stereocenters. The van der Waals surface area contributed by atoms with Crippen molar-refractivity contribution < 1.29 is 4.79 Å². The Bertz CT molecular complexity index is 449. The molecule has 0 aliphatic heterocycles. The fourth-order valence-corrected chi connectivity index (χ4v) is 5.75. The Labute approximate surface area is 241 Å². The van der Waals surface area contributed by atoms with E-state index in [2.05, 4.69) is 13.8 Å². The number of hydrogen-bond donors (Lipinski definition) is 1. The van der Waals surface area contributed by atoms with Gasteiger partial charge in [0.25, 0.3) is 0 Å². The summed E-state index contributed by atoms with van der Waals surface area (Å²) in [5.74, 6) is 0.310. The van der Waals surface area contributed by atoms with Gasteiger partial charge in [0, 0.05) is 6.42 Å². The predicted molar refractivity (Wildman–Crippen MR) is 172 cm³/mol. The molecule has 1 atom stereocenters. The minimum absolute atomic E-state index is 0.205. The van der Waals surface area contributed by atoms with E-state index in [1.165, 1.54) is 180 Å². The van der Waals surface area contributed by atoms with Gasteiger partial charge in [-0.2, -0.15) is 0 Å². The smallest absolute Gasteiger partial charge is 0.149 e. The Kier molecular flexibility index (Phi) is 32.5. The summed E-state index contributed by atoms with van der Waals surface area (Å²) < 4.78 is 0. The summed E-state index contributed by atoms with van der Waals surface area (Å²) in [5, 5.41) is 0. The lowest BCUT2D eigenvalue weighted by molar-refractivity contribution is -0.120. The number of nitrogens with two attached hydrogens (primary N) is 1. The van der Waals surface area contributed by atoms with Crippen molar-refractivity contribution in [3.8, 4) is 0 Å². The maximum atomic E-state index is 12.3. The molecule has 38 heavy (non-hydrogen) atoms.